The molecule has 0 unspecified atom stereocenters. The second-order valence-electron chi connectivity index (χ2n) is 7.31. The Labute approximate surface area is 171 Å². The minimum absolute atomic E-state index is 0.150. The third-order valence-corrected chi connectivity index (χ3v) is 5.99. The molecule has 0 radical (unpaired) electrons. The zero-order valence-corrected chi connectivity index (χ0v) is 17.2. The van der Waals surface area contributed by atoms with Crippen LogP contribution in [-0.2, 0) is 9.59 Å². The number of hydrogen-bond donors (Lipinski definition) is 0. The standard InChI is InChI=1S/C14H18N2O2S.C9H10/c1-12-3-2-4-13(9-12)19-10-14(18)16-7-5-15(11-17)6-8-16;1-2-4-8(5-3-1)9-6-7-9/h2-4,9,11H,5-8,10H2,1H3;1-5,9H,6-7H2. The first-order valence-electron chi connectivity index (χ1n) is 9.87. The molecule has 2 amide bonds. The molecule has 0 atom stereocenters. The molecule has 148 valence electrons. The Kier molecular flexibility index (Phi) is 7.54. The van der Waals surface area contributed by atoms with Gasteiger partial charge in [-0.05, 0) is 43.4 Å². The van der Waals surface area contributed by atoms with Crippen LogP contribution in [0, 0.1) is 6.92 Å². The first kappa shape index (κ1) is 20.5. The van der Waals surface area contributed by atoms with Crippen molar-refractivity contribution in [2.75, 3.05) is 31.9 Å². The van der Waals surface area contributed by atoms with Gasteiger partial charge in [0, 0.05) is 31.1 Å². The highest BCUT2D eigenvalue weighted by molar-refractivity contribution is 8.00. The molecule has 0 spiro atoms. The number of piperazine rings is 1. The number of aryl methyl sites for hydroxylation is 1. The van der Waals surface area contributed by atoms with Gasteiger partial charge in [0.15, 0.2) is 0 Å². The first-order valence-corrected chi connectivity index (χ1v) is 10.9. The van der Waals surface area contributed by atoms with Crippen molar-refractivity contribution in [2.24, 2.45) is 0 Å². The largest absolute Gasteiger partial charge is 0.342 e. The fraction of sp³-hybridized carbons (Fsp3) is 0.391. The maximum atomic E-state index is 12.0. The van der Waals surface area contributed by atoms with E-state index in [0.717, 1.165) is 17.2 Å². The summed E-state index contributed by atoms with van der Waals surface area (Å²) in [5.41, 5.74) is 2.73. The van der Waals surface area contributed by atoms with Gasteiger partial charge in [-0.3, -0.25) is 9.59 Å². The van der Waals surface area contributed by atoms with Crippen LogP contribution in [0.15, 0.2) is 59.5 Å². The van der Waals surface area contributed by atoms with Gasteiger partial charge >= 0.3 is 0 Å². The van der Waals surface area contributed by atoms with E-state index >= 15 is 0 Å². The topological polar surface area (TPSA) is 40.6 Å². The van der Waals surface area contributed by atoms with Crippen LogP contribution in [0.25, 0.3) is 0 Å². The zero-order chi connectivity index (χ0) is 19.8. The Balaban J connectivity index is 0.000000206. The van der Waals surface area contributed by atoms with Crippen LogP contribution in [-0.4, -0.2) is 54.0 Å². The van der Waals surface area contributed by atoms with Gasteiger partial charge in [0.2, 0.25) is 12.3 Å². The molecule has 1 heterocycles. The van der Waals surface area contributed by atoms with E-state index in [4.69, 9.17) is 0 Å². The van der Waals surface area contributed by atoms with Gasteiger partial charge in [-0.1, -0.05) is 48.0 Å². The monoisotopic (exact) mass is 396 g/mol. The van der Waals surface area contributed by atoms with Crippen LogP contribution in [0.3, 0.4) is 0 Å². The van der Waals surface area contributed by atoms with Gasteiger partial charge in [0.1, 0.15) is 0 Å². The van der Waals surface area contributed by atoms with Crippen LogP contribution < -0.4 is 0 Å². The minimum Gasteiger partial charge on any atom is -0.342 e. The summed E-state index contributed by atoms with van der Waals surface area (Å²) in [5, 5.41) is 0. The number of carbonyl (C=O) groups is 2. The Morgan fingerprint density at radius 3 is 2.36 bits per heavy atom. The quantitative estimate of drug-likeness (QED) is 0.568. The third-order valence-electron chi connectivity index (χ3n) is 5.02. The average Bonchev–Trinajstić information content (AvgIpc) is 3.59. The van der Waals surface area contributed by atoms with E-state index in [1.165, 1.54) is 24.0 Å². The number of thioether (sulfide) groups is 1. The summed E-state index contributed by atoms with van der Waals surface area (Å²) in [6.45, 7) is 4.62. The fourth-order valence-corrected chi connectivity index (χ4v) is 4.08. The predicted molar refractivity (Wildman–Crippen MR) is 115 cm³/mol. The molecule has 5 heteroatoms. The van der Waals surface area contributed by atoms with Crippen molar-refractivity contribution in [3.63, 3.8) is 0 Å². The van der Waals surface area contributed by atoms with Gasteiger partial charge in [0.25, 0.3) is 0 Å². The molecular formula is C23H28N2O2S. The molecule has 28 heavy (non-hydrogen) atoms. The molecule has 0 aromatic heterocycles. The van der Waals surface area contributed by atoms with Crippen LogP contribution in [0.1, 0.15) is 29.9 Å². The lowest BCUT2D eigenvalue weighted by Crippen LogP contribution is -2.48. The third kappa shape index (κ3) is 6.41. The van der Waals surface area contributed by atoms with E-state index in [9.17, 15) is 9.59 Å². The van der Waals surface area contributed by atoms with Crippen LogP contribution in [0.4, 0.5) is 0 Å². The zero-order valence-electron chi connectivity index (χ0n) is 16.4. The van der Waals surface area contributed by atoms with Crippen molar-refractivity contribution in [3.8, 4) is 0 Å². The second-order valence-corrected chi connectivity index (χ2v) is 8.36. The molecule has 4 nitrogen and oxygen atoms in total. The first-order chi connectivity index (χ1) is 13.7. The van der Waals surface area contributed by atoms with Crippen molar-refractivity contribution >= 4 is 24.1 Å². The van der Waals surface area contributed by atoms with Gasteiger partial charge in [-0.2, -0.15) is 0 Å². The highest BCUT2D eigenvalue weighted by Crippen LogP contribution is 2.39. The normalized spacial score (nSPS) is 16.2. The highest BCUT2D eigenvalue weighted by Gasteiger charge is 2.22. The van der Waals surface area contributed by atoms with Crippen molar-refractivity contribution < 1.29 is 9.59 Å². The predicted octanol–water partition coefficient (Wildman–Crippen LogP) is 3.95. The minimum atomic E-state index is 0.150. The lowest BCUT2D eigenvalue weighted by atomic mass is 10.1. The summed E-state index contributed by atoms with van der Waals surface area (Å²) in [4.78, 5) is 27.3. The van der Waals surface area contributed by atoms with Crippen molar-refractivity contribution in [3.05, 3.63) is 65.7 Å². The Morgan fingerprint density at radius 2 is 1.75 bits per heavy atom. The SMILES string of the molecule is Cc1cccc(SCC(=O)N2CCN(C=O)CC2)c1.c1ccc(C2CC2)cc1. The number of nitrogens with zero attached hydrogens (tertiary/aromatic N) is 2. The molecule has 1 saturated carbocycles. The van der Waals surface area contributed by atoms with E-state index in [1.54, 1.807) is 16.7 Å². The van der Waals surface area contributed by atoms with E-state index in [-0.39, 0.29) is 5.91 Å². The number of carbonyl (C=O) groups excluding carboxylic acids is 2. The Hall–Kier alpha value is -2.27. The van der Waals surface area contributed by atoms with Crippen molar-refractivity contribution in [1.82, 2.24) is 9.80 Å². The molecule has 2 fully saturated rings. The molecule has 0 bridgehead atoms. The summed E-state index contributed by atoms with van der Waals surface area (Å²) in [6, 6.07) is 18.9. The molecular weight excluding hydrogens is 368 g/mol. The molecule has 0 N–H and O–H groups in total. The van der Waals surface area contributed by atoms with Gasteiger partial charge in [-0.25, -0.2) is 0 Å². The molecule has 1 saturated heterocycles. The van der Waals surface area contributed by atoms with Gasteiger partial charge in [-0.15, -0.1) is 11.8 Å². The summed E-state index contributed by atoms with van der Waals surface area (Å²) in [5.74, 6) is 1.52. The molecule has 2 aromatic carbocycles. The fourth-order valence-electron chi connectivity index (χ4n) is 3.16. The summed E-state index contributed by atoms with van der Waals surface area (Å²) >= 11 is 1.57. The van der Waals surface area contributed by atoms with E-state index in [2.05, 4.69) is 36.4 Å². The molecule has 4 rings (SSSR count). The molecule has 2 aromatic rings. The summed E-state index contributed by atoms with van der Waals surface area (Å²) < 4.78 is 0. The number of hydrogen-bond acceptors (Lipinski definition) is 3. The average molecular weight is 397 g/mol. The second kappa shape index (κ2) is 10.3. The number of amides is 2. The van der Waals surface area contributed by atoms with Crippen molar-refractivity contribution in [1.29, 1.82) is 0 Å². The smallest absolute Gasteiger partial charge is 0.233 e. The lowest BCUT2D eigenvalue weighted by Gasteiger charge is -2.32. The van der Waals surface area contributed by atoms with Crippen molar-refractivity contribution in [2.45, 2.75) is 30.6 Å². The van der Waals surface area contributed by atoms with Crippen LogP contribution in [0.5, 0.6) is 0 Å². The van der Waals surface area contributed by atoms with Crippen LogP contribution in [0.2, 0.25) is 0 Å². The Morgan fingerprint density at radius 1 is 1.04 bits per heavy atom. The van der Waals surface area contributed by atoms with E-state index in [0.29, 0.717) is 31.9 Å². The maximum Gasteiger partial charge on any atom is 0.233 e. The number of rotatable bonds is 5. The maximum absolute atomic E-state index is 12.0. The number of benzene rings is 2. The van der Waals surface area contributed by atoms with E-state index in [1.807, 2.05) is 30.0 Å². The molecule has 1 aliphatic heterocycles. The lowest BCUT2D eigenvalue weighted by molar-refractivity contribution is -0.132. The Bertz CT molecular complexity index is 769. The summed E-state index contributed by atoms with van der Waals surface area (Å²) in [6.07, 6.45) is 3.66. The molecule has 1 aliphatic carbocycles. The van der Waals surface area contributed by atoms with Crippen LogP contribution >= 0.6 is 11.8 Å². The van der Waals surface area contributed by atoms with Gasteiger partial charge < -0.3 is 9.80 Å². The van der Waals surface area contributed by atoms with E-state index < -0.39 is 0 Å². The summed E-state index contributed by atoms with van der Waals surface area (Å²) in [7, 11) is 0. The highest BCUT2D eigenvalue weighted by atomic mass is 32.2. The van der Waals surface area contributed by atoms with Gasteiger partial charge in [0.05, 0.1) is 5.75 Å². The molecule has 2 aliphatic rings.